The molecule has 1 saturated carbocycles. The average molecular weight is 232 g/mol. The molecule has 1 aromatic rings. The van der Waals surface area contributed by atoms with Crippen molar-refractivity contribution in [2.45, 2.75) is 25.7 Å². The van der Waals surface area contributed by atoms with Gasteiger partial charge in [0.25, 0.3) is 0 Å². The molecule has 0 saturated heterocycles. The smallest absolute Gasteiger partial charge is 0.238 e. The number of benzene rings is 1. The molecule has 92 valence electrons. The number of amides is 1. The molecule has 3 heteroatoms. The number of carbonyl (C=O) groups is 1. The predicted octanol–water partition coefficient (Wildman–Crippen LogP) is 2.40. The fraction of sp³-hybridized carbons (Fsp3) is 0.500. The van der Waals surface area contributed by atoms with Crippen LogP contribution in [0.3, 0.4) is 0 Å². The predicted molar refractivity (Wildman–Crippen MR) is 69.9 cm³/mol. The summed E-state index contributed by atoms with van der Waals surface area (Å²) in [6.07, 6.45) is 5.34. The van der Waals surface area contributed by atoms with Crippen LogP contribution in [-0.4, -0.2) is 19.0 Å². The Morgan fingerprint density at radius 3 is 2.65 bits per heavy atom. The van der Waals surface area contributed by atoms with Crippen molar-refractivity contribution in [2.24, 2.45) is 5.92 Å². The normalized spacial score (nSPS) is 15.3. The number of anilines is 1. The Kier molecular flexibility index (Phi) is 4.56. The highest BCUT2D eigenvalue weighted by Crippen LogP contribution is 2.28. The van der Waals surface area contributed by atoms with E-state index in [4.69, 9.17) is 0 Å². The number of hydrogen-bond donors (Lipinski definition) is 2. The lowest BCUT2D eigenvalue weighted by Crippen LogP contribution is -2.30. The number of hydrogen-bond acceptors (Lipinski definition) is 2. The van der Waals surface area contributed by atoms with E-state index in [1.165, 1.54) is 25.7 Å². The van der Waals surface area contributed by atoms with Gasteiger partial charge in [-0.05, 0) is 31.0 Å². The van der Waals surface area contributed by atoms with Gasteiger partial charge in [0.15, 0.2) is 0 Å². The summed E-state index contributed by atoms with van der Waals surface area (Å²) in [5, 5.41) is 6.05. The van der Waals surface area contributed by atoms with Crippen LogP contribution in [0, 0.1) is 5.92 Å². The zero-order valence-corrected chi connectivity index (χ0v) is 10.1. The molecule has 2 N–H and O–H groups in total. The Morgan fingerprint density at radius 1 is 1.24 bits per heavy atom. The summed E-state index contributed by atoms with van der Waals surface area (Å²) in [5.74, 6) is 0.935. The molecule has 0 bridgehead atoms. The minimum atomic E-state index is 0.0322. The van der Waals surface area contributed by atoms with Gasteiger partial charge in [0.1, 0.15) is 0 Å². The summed E-state index contributed by atoms with van der Waals surface area (Å²) < 4.78 is 0. The molecule has 1 aliphatic carbocycles. The third kappa shape index (κ3) is 4.19. The Hall–Kier alpha value is -1.35. The zero-order chi connectivity index (χ0) is 11.9. The van der Waals surface area contributed by atoms with Gasteiger partial charge in [-0.2, -0.15) is 0 Å². The van der Waals surface area contributed by atoms with Crippen LogP contribution in [0.1, 0.15) is 25.7 Å². The highest BCUT2D eigenvalue weighted by atomic mass is 16.1. The molecule has 0 atom stereocenters. The van der Waals surface area contributed by atoms with E-state index < -0.39 is 0 Å². The Bertz CT molecular complexity index is 346. The monoisotopic (exact) mass is 232 g/mol. The van der Waals surface area contributed by atoms with Crippen molar-refractivity contribution >= 4 is 11.6 Å². The molecular weight excluding hydrogens is 212 g/mol. The third-order valence-corrected chi connectivity index (χ3v) is 3.30. The fourth-order valence-electron chi connectivity index (χ4n) is 2.02. The largest absolute Gasteiger partial charge is 0.325 e. The van der Waals surface area contributed by atoms with Crippen molar-refractivity contribution in [1.29, 1.82) is 0 Å². The molecule has 1 fully saturated rings. The molecule has 0 radical (unpaired) electrons. The summed E-state index contributed by atoms with van der Waals surface area (Å²) in [7, 11) is 0. The summed E-state index contributed by atoms with van der Waals surface area (Å²) in [4.78, 5) is 11.6. The fourth-order valence-corrected chi connectivity index (χ4v) is 2.02. The maximum absolute atomic E-state index is 11.6. The zero-order valence-electron chi connectivity index (χ0n) is 10.1. The second kappa shape index (κ2) is 6.40. The molecule has 3 nitrogen and oxygen atoms in total. The van der Waals surface area contributed by atoms with Crippen LogP contribution < -0.4 is 10.6 Å². The van der Waals surface area contributed by atoms with Crippen molar-refractivity contribution < 1.29 is 4.79 Å². The van der Waals surface area contributed by atoms with Gasteiger partial charge in [-0.1, -0.05) is 37.5 Å². The first-order valence-electron chi connectivity index (χ1n) is 6.40. The topological polar surface area (TPSA) is 41.1 Å². The molecule has 17 heavy (non-hydrogen) atoms. The van der Waals surface area contributed by atoms with Gasteiger partial charge in [-0.15, -0.1) is 0 Å². The second-order valence-electron chi connectivity index (χ2n) is 4.68. The van der Waals surface area contributed by atoms with E-state index in [1.54, 1.807) is 0 Å². The quantitative estimate of drug-likeness (QED) is 0.739. The van der Waals surface area contributed by atoms with Crippen LogP contribution in [0.15, 0.2) is 30.3 Å². The minimum Gasteiger partial charge on any atom is -0.325 e. The van der Waals surface area contributed by atoms with E-state index in [0.29, 0.717) is 6.54 Å². The first kappa shape index (κ1) is 12.1. The highest BCUT2D eigenvalue weighted by Gasteiger charge is 2.16. The lowest BCUT2D eigenvalue weighted by molar-refractivity contribution is -0.115. The van der Waals surface area contributed by atoms with Gasteiger partial charge in [0.2, 0.25) is 5.91 Å². The summed E-state index contributed by atoms with van der Waals surface area (Å²) in [5.41, 5.74) is 0.860. The van der Waals surface area contributed by atoms with Gasteiger partial charge in [0, 0.05) is 5.69 Å². The summed E-state index contributed by atoms with van der Waals surface area (Å²) in [6, 6.07) is 9.56. The van der Waals surface area contributed by atoms with Crippen molar-refractivity contribution in [2.75, 3.05) is 18.4 Å². The van der Waals surface area contributed by atoms with Gasteiger partial charge >= 0.3 is 0 Å². The maximum atomic E-state index is 11.6. The molecule has 1 amide bonds. The van der Waals surface area contributed by atoms with E-state index >= 15 is 0 Å². The minimum absolute atomic E-state index is 0.0322. The standard InChI is InChI=1S/C14H20N2O/c17-14(16-13-7-2-1-3-8-13)11-15-10-9-12-5-4-6-12/h1-3,7-8,12,15H,4-6,9-11H2,(H,16,17). The van der Waals surface area contributed by atoms with Crippen LogP contribution in [0.25, 0.3) is 0 Å². The number of rotatable bonds is 6. The van der Waals surface area contributed by atoms with Crippen LogP contribution in [0.4, 0.5) is 5.69 Å². The molecule has 0 heterocycles. The molecule has 1 aliphatic rings. The maximum Gasteiger partial charge on any atom is 0.238 e. The van der Waals surface area contributed by atoms with Crippen molar-refractivity contribution in [3.8, 4) is 0 Å². The van der Waals surface area contributed by atoms with E-state index in [0.717, 1.165) is 18.2 Å². The lowest BCUT2D eigenvalue weighted by Gasteiger charge is -2.25. The molecule has 0 spiro atoms. The summed E-state index contributed by atoms with van der Waals surface area (Å²) >= 11 is 0. The molecular formula is C14H20N2O. The van der Waals surface area contributed by atoms with Crippen molar-refractivity contribution in [3.63, 3.8) is 0 Å². The Balaban J connectivity index is 1.57. The van der Waals surface area contributed by atoms with Crippen LogP contribution >= 0.6 is 0 Å². The highest BCUT2D eigenvalue weighted by molar-refractivity contribution is 5.92. The van der Waals surface area contributed by atoms with Gasteiger partial charge in [-0.3, -0.25) is 4.79 Å². The van der Waals surface area contributed by atoms with E-state index in [9.17, 15) is 4.79 Å². The third-order valence-electron chi connectivity index (χ3n) is 3.30. The van der Waals surface area contributed by atoms with Crippen LogP contribution in [-0.2, 0) is 4.79 Å². The van der Waals surface area contributed by atoms with Crippen molar-refractivity contribution in [1.82, 2.24) is 5.32 Å². The number of carbonyl (C=O) groups excluding carboxylic acids is 1. The van der Waals surface area contributed by atoms with E-state index in [1.807, 2.05) is 30.3 Å². The molecule has 2 rings (SSSR count). The first-order valence-corrected chi connectivity index (χ1v) is 6.40. The van der Waals surface area contributed by atoms with Gasteiger partial charge < -0.3 is 10.6 Å². The SMILES string of the molecule is O=C(CNCCC1CCC1)Nc1ccccc1. The lowest BCUT2D eigenvalue weighted by atomic mass is 9.83. The number of nitrogens with one attached hydrogen (secondary N) is 2. The number of para-hydroxylation sites is 1. The Morgan fingerprint density at radius 2 is 2.00 bits per heavy atom. The molecule has 0 unspecified atom stereocenters. The first-order chi connectivity index (χ1) is 8.34. The van der Waals surface area contributed by atoms with Crippen LogP contribution in [0.2, 0.25) is 0 Å². The van der Waals surface area contributed by atoms with Gasteiger partial charge in [0.05, 0.1) is 6.54 Å². The average Bonchev–Trinajstić information content (AvgIpc) is 2.27. The Labute approximate surface area is 103 Å². The van der Waals surface area contributed by atoms with Crippen molar-refractivity contribution in [3.05, 3.63) is 30.3 Å². The van der Waals surface area contributed by atoms with E-state index in [-0.39, 0.29) is 5.91 Å². The van der Waals surface area contributed by atoms with E-state index in [2.05, 4.69) is 10.6 Å². The molecule has 0 aliphatic heterocycles. The van der Waals surface area contributed by atoms with Gasteiger partial charge in [-0.25, -0.2) is 0 Å². The second-order valence-corrected chi connectivity index (χ2v) is 4.68. The summed E-state index contributed by atoms with van der Waals surface area (Å²) in [6.45, 7) is 1.36. The van der Waals surface area contributed by atoms with Crippen LogP contribution in [0.5, 0.6) is 0 Å². The molecule has 1 aromatic carbocycles. The molecule has 0 aromatic heterocycles.